The average molecular weight is 244 g/mol. The van der Waals surface area contributed by atoms with Gasteiger partial charge in [-0.3, -0.25) is 0 Å². The number of hydrogen-bond acceptors (Lipinski definition) is 3. The molecule has 0 spiro atoms. The van der Waals surface area contributed by atoms with E-state index in [0.717, 1.165) is 19.6 Å². The largest absolute Gasteiger partial charge is 0.319 e. The molecule has 0 unspecified atom stereocenters. The molecule has 0 aliphatic carbocycles. The number of nitrogens with one attached hydrogen (secondary N) is 3. The van der Waals surface area contributed by atoms with Crippen LogP contribution in [0.3, 0.4) is 0 Å². The Morgan fingerprint density at radius 1 is 0.625 bits per heavy atom. The second kappa shape index (κ2) is 9.16. The van der Waals surface area contributed by atoms with Crippen molar-refractivity contribution in [1.82, 2.24) is 14.9 Å². The van der Waals surface area contributed by atoms with Gasteiger partial charge in [-0.05, 0) is 37.4 Å². The summed E-state index contributed by atoms with van der Waals surface area (Å²) in [6, 6.07) is 0. The van der Waals surface area contributed by atoms with Gasteiger partial charge in [-0.15, -0.1) is 0 Å². The molecule has 0 aromatic rings. The van der Waals surface area contributed by atoms with Crippen molar-refractivity contribution in [2.45, 2.75) is 41.5 Å². The monoisotopic (exact) mass is 244 g/mol. The Labute approximate surface area is 104 Å². The lowest BCUT2D eigenvalue weighted by atomic mass is 10.2. The first-order valence-electron chi connectivity index (χ1n) is 6.50. The lowest BCUT2D eigenvalue weighted by molar-refractivity contribution is 0.571. The fourth-order valence-electron chi connectivity index (χ4n) is 1.11. The molecule has 0 amide bonds. The molecule has 3 nitrogen and oxygen atoms in total. The topological polar surface area (TPSA) is 36.1 Å². The summed E-state index contributed by atoms with van der Waals surface area (Å²) in [4.78, 5) is 10.8. The third-order valence-electron chi connectivity index (χ3n) is 2.06. The van der Waals surface area contributed by atoms with Gasteiger partial charge in [0.1, 0.15) is 0 Å². The molecule has 0 rings (SSSR count). The summed E-state index contributed by atoms with van der Waals surface area (Å²) in [7, 11) is -0.780. The lowest BCUT2D eigenvalue weighted by Gasteiger charge is -2.21. The maximum Gasteiger partial charge on any atom is 0.319 e. The van der Waals surface area contributed by atoms with Crippen LogP contribution in [0.2, 0.25) is 0 Å². The van der Waals surface area contributed by atoms with Crippen LogP contribution in [-0.2, 0) is 0 Å². The zero-order chi connectivity index (χ0) is 12.6. The van der Waals surface area contributed by atoms with Crippen molar-refractivity contribution in [2.75, 3.05) is 19.6 Å². The van der Waals surface area contributed by atoms with Crippen molar-refractivity contribution in [2.24, 2.45) is 17.8 Å². The van der Waals surface area contributed by atoms with Gasteiger partial charge >= 0.3 is 9.28 Å². The average Bonchev–Trinajstić information content (AvgIpc) is 2.15. The Bertz CT molecular complexity index is 132. The minimum absolute atomic E-state index is 0.710. The van der Waals surface area contributed by atoms with Crippen molar-refractivity contribution in [1.29, 1.82) is 0 Å². The molecule has 16 heavy (non-hydrogen) atoms. The highest BCUT2D eigenvalue weighted by molar-refractivity contribution is 6.50. The van der Waals surface area contributed by atoms with Crippen LogP contribution in [0.5, 0.6) is 0 Å². The van der Waals surface area contributed by atoms with Gasteiger partial charge in [0.15, 0.2) is 0 Å². The van der Waals surface area contributed by atoms with Crippen molar-refractivity contribution in [3.63, 3.8) is 0 Å². The summed E-state index contributed by atoms with van der Waals surface area (Å²) in [5.41, 5.74) is 0. The number of hydrogen-bond donors (Lipinski definition) is 3. The minimum Gasteiger partial charge on any atom is -0.312 e. The van der Waals surface area contributed by atoms with Gasteiger partial charge in [-0.25, -0.2) is 0 Å². The molecule has 0 aliphatic heterocycles. The first-order valence-corrected chi connectivity index (χ1v) is 8.00. The molecule has 0 heterocycles. The summed E-state index contributed by atoms with van der Waals surface area (Å²) in [6.07, 6.45) is 0. The van der Waals surface area contributed by atoms with Gasteiger partial charge < -0.3 is 14.9 Å². The van der Waals surface area contributed by atoms with Crippen LogP contribution in [0.25, 0.3) is 0 Å². The highest BCUT2D eigenvalue weighted by Crippen LogP contribution is 1.91. The van der Waals surface area contributed by atoms with Crippen LogP contribution in [0, 0.1) is 17.8 Å². The third kappa shape index (κ3) is 10.6. The predicted octanol–water partition coefficient (Wildman–Crippen LogP) is 1.71. The van der Waals surface area contributed by atoms with Gasteiger partial charge in [-0.2, -0.15) is 0 Å². The van der Waals surface area contributed by atoms with Crippen molar-refractivity contribution in [3.8, 4) is 0 Å². The maximum atomic E-state index is 3.61. The molecule has 3 N–H and O–H groups in total. The SMILES string of the molecule is CC(C)CN[Si](NCC(C)C)NCC(C)C. The molecule has 0 atom stereocenters. The molecule has 0 fully saturated rings. The summed E-state index contributed by atoms with van der Waals surface area (Å²) < 4.78 is 0. The van der Waals surface area contributed by atoms with Crippen LogP contribution in [0.1, 0.15) is 41.5 Å². The summed E-state index contributed by atoms with van der Waals surface area (Å²) in [5.74, 6) is 2.13. The molecule has 0 aliphatic rings. The van der Waals surface area contributed by atoms with Crippen LogP contribution in [-0.4, -0.2) is 28.9 Å². The molecule has 1 radical (unpaired) electrons. The molecule has 0 aromatic heterocycles. The predicted molar refractivity (Wildman–Crippen MR) is 74.3 cm³/mol. The smallest absolute Gasteiger partial charge is 0.312 e. The molecule has 0 saturated carbocycles. The van der Waals surface area contributed by atoms with Crippen LogP contribution in [0.15, 0.2) is 0 Å². The van der Waals surface area contributed by atoms with Gasteiger partial charge in [0.2, 0.25) is 0 Å². The van der Waals surface area contributed by atoms with Gasteiger partial charge in [0.25, 0.3) is 0 Å². The Morgan fingerprint density at radius 2 is 0.875 bits per heavy atom. The second-order valence-electron chi connectivity index (χ2n) is 5.70. The van der Waals surface area contributed by atoms with Crippen LogP contribution < -0.4 is 14.9 Å². The molecular weight excluding hydrogens is 214 g/mol. The summed E-state index contributed by atoms with van der Waals surface area (Å²) >= 11 is 0. The van der Waals surface area contributed by atoms with E-state index < -0.39 is 9.28 Å². The molecule has 4 heteroatoms. The van der Waals surface area contributed by atoms with Crippen molar-refractivity contribution >= 4 is 9.28 Å². The zero-order valence-electron chi connectivity index (χ0n) is 11.9. The van der Waals surface area contributed by atoms with E-state index >= 15 is 0 Å². The standard InChI is InChI=1S/C12H30N3Si/c1-10(2)7-13-16(14-8-11(3)4)15-9-12(5)6/h10-15H,7-9H2,1-6H3. The fourth-order valence-corrected chi connectivity index (χ4v) is 3.32. The lowest BCUT2D eigenvalue weighted by Crippen LogP contribution is -2.60. The van der Waals surface area contributed by atoms with E-state index in [1.165, 1.54) is 0 Å². The van der Waals surface area contributed by atoms with Crippen molar-refractivity contribution in [3.05, 3.63) is 0 Å². The summed E-state index contributed by atoms with van der Waals surface area (Å²) in [6.45, 7) is 16.7. The van der Waals surface area contributed by atoms with E-state index in [2.05, 4.69) is 56.5 Å². The van der Waals surface area contributed by atoms with Crippen molar-refractivity contribution < 1.29 is 0 Å². The maximum absolute atomic E-state index is 3.61. The molecule has 0 saturated heterocycles. The Hall–Kier alpha value is 0.0969. The molecule has 0 aromatic carbocycles. The van der Waals surface area contributed by atoms with Gasteiger partial charge in [-0.1, -0.05) is 41.5 Å². The quantitative estimate of drug-likeness (QED) is 0.541. The molecular formula is C12H30N3Si. The summed E-state index contributed by atoms with van der Waals surface area (Å²) in [5, 5.41) is 0. The number of rotatable bonds is 9. The normalized spacial score (nSPS) is 12.4. The second-order valence-corrected chi connectivity index (χ2v) is 7.51. The van der Waals surface area contributed by atoms with E-state index in [1.807, 2.05) is 0 Å². The first-order chi connectivity index (χ1) is 7.41. The van der Waals surface area contributed by atoms with Gasteiger partial charge in [0.05, 0.1) is 0 Å². The van der Waals surface area contributed by atoms with E-state index in [1.54, 1.807) is 0 Å². The highest BCUT2D eigenvalue weighted by atomic mass is 28.3. The van der Waals surface area contributed by atoms with E-state index in [-0.39, 0.29) is 0 Å². The minimum atomic E-state index is -0.780. The Balaban J connectivity index is 3.85. The van der Waals surface area contributed by atoms with E-state index in [0.29, 0.717) is 17.8 Å². The van der Waals surface area contributed by atoms with E-state index in [4.69, 9.17) is 0 Å². The Kier molecular flexibility index (Phi) is 9.22. The fraction of sp³-hybridized carbons (Fsp3) is 1.00. The highest BCUT2D eigenvalue weighted by Gasteiger charge is 2.13. The first kappa shape index (κ1) is 16.1. The van der Waals surface area contributed by atoms with Crippen LogP contribution >= 0.6 is 0 Å². The Morgan fingerprint density at radius 3 is 1.06 bits per heavy atom. The van der Waals surface area contributed by atoms with Gasteiger partial charge in [0, 0.05) is 0 Å². The molecule has 0 bridgehead atoms. The third-order valence-corrected chi connectivity index (χ3v) is 3.73. The zero-order valence-corrected chi connectivity index (χ0v) is 12.9. The molecule has 97 valence electrons. The van der Waals surface area contributed by atoms with E-state index in [9.17, 15) is 0 Å². The van der Waals surface area contributed by atoms with Crippen LogP contribution in [0.4, 0.5) is 0 Å².